The Morgan fingerprint density at radius 3 is 2.69 bits per heavy atom. The SMILES string of the molecule is O=[N+]([O-])c1cnc2[nH]nc(C(F)(F)F)c2c1. The molecule has 2 heterocycles. The molecule has 0 saturated carbocycles. The van der Waals surface area contributed by atoms with Gasteiger partial charge in [0.2, 0.25) is 0 Å². The molecule has 0 aliphatic carbocycles. The van der Waals surface area contributed by atoms with Crippen LogP contribution in [0.25, 0.3) is 11.0 Å². The predicted molar refractivity (Wildman–Crippen MR) is 45.5 cm³/mol. The highest BCUT2D eigenvalue weighted by atomic mass is 19.4. The Balaban J connectivity index is 2.70. The van der Waals surface area contributed by atoms with Gasteiger partial charge in [-0.05, 0) is 0 Å². The number of aromatic amines is 1. The van der Waals surface area contributed by atoms with Crippen molar-refractivity contribution in [3.8, 4) is 0 Å². The number of nitrogens with one attached hydrogen (secondary N) is 1. The number of pyridine rings is 1. The fraction of sp³-hybridized carbons (Fsp3) is 0.143. The van der Waals surface area contributed by atoms with E-state index in [1.165, 1.54) is 0 Å². The summed E-state index contributed by atoms with van der Waals surface area (Å²) in [7, 11) is 0. The molecule has 0 aliphatic rings. The maximum absolute atomic E-state index is 12.4. The Labute approximate surface area is 85.2 Å². The summed E-state index contributed by atoms with van der Waals surface area (Å²) in [6.45, 7) is 0. The van der Waals surface area contributed by atoms with E-state index in [2.05, 4.69) is 15.2 Å². The van der Waals surface area contributed by atoms with E-state index in [9.17, 15) is 23.3 Å². The van der Waals surface area contributed by atoms with Crippen LogP contribution in [-0.2, 0) is 6.18 Å². The number of nitrogens with zero attached hydrogens (tertiary/aromatic N) is 3. The van der Waals surface area contributed by atoms with Crippen molar-refractivity contribution in [2.24, 2.45) is 0 Å². The molecular formula is C7H3F3N4O2. The number of aromatic nitrogens is 3. The average Bonchev–Trinajstić information content (AvgIpc) is 2.58. The molecule has 0 aliphatic heterocycles. The largest absolute Gasteiger partial charge is 0.435 e. The first-order valence-corrected chi connectivity index (χ1v) is 3.95. The van der Waals surface area contributed by atoms with Gasteiger partial charge in [0.05, 0.1) is 10.3 Å². The summed E-state index contributed by atoms with van der Waals surface area (Å²) in [5.74, 6) is 0. The third-order valence-corrected chi connectivity index (χ3v) is 1.88. The fourth-order valence-electron chi connectivity index (χ4n) is 1.21. The third kappa shape index (κ3) is 1.55. The van der Waals surface area contributed by atoms with Gasteiger partial charge in [-0.1, -0.05) is 0 Å². The van der Waals surface area contributed by atoms with E-state index in [1.807, 2.05) is 0 Å². The van der Waals surface area contributed by atoms with E-state index >= 15 is 0 Å². The van der Waals surface area contributed by atoms with Crippen molar-refractivity contribution in [1.82, 2.24) is 15.2 Å². The summed E-state index contributed by atoms with van der Waals surface area (Å²) in [5.41, 5.74) is -1.86. The molecule has 0 aromatic carbocycles. The molecule has 0 fully saturated rings. The lowest BCUT2D eigenvalue weighted by Crippen LogP contribution is -2.06. The monoisotopic (exact) mass is 232 g/mol. The first-order valence-electron chi connectivity index (χ1n) is 3.95. The highest BCUT2D eigenvalue weighted by Crippen LogP contribution is 2.33. The molecule has 2 aromatic rings. The van der Waals surface area contributed by atoms with E-state index < -0.39 is 27.9 Å². The minimum absolute atomic E-state index is 0.141. The first kappa shape index (κ1) is 10.3. The highest BCUT2D eigenvalue weighted by Gasteiger charge is 2.36. The molecule has 6 nitrogen and oxygen atoms in total. The van der Waals surface area contributed by atoms with Gasteiger partial charge in [0.15, 0.2) is 11.3 Å². The summed E-state index contributed by atoms with van der Waals surface area (Å²) in [6, 6.07) is 0.786. The molecule has 2 aromatic heterocycles. The molecule has 0 saturated heterocycles. The minimum Gasteiger partial charge on any atom is -0.260 e. The first-order chi connectivity index (χ1) is 7.39. The smallest absolute Gasteiger partial charge is 0.260 e. The van der Waals surface area contributed by atoms with Gasteiger partial charge in [-0.2, -0.15) is 18.3 Å². The summed E-state index contributed by atoms with van der Waals surface area (Å²) in [4.78, 5) is 13.0. The number of nitro groups is 1. The van der Waals surface area contributed by atoms with Crippen LogP contribution in [0.5, 0.6) is 0 Å². The molecule has 0 spiro atoms. The Morgan fingerprint density at radius 1 is 1.44 bits per heavy atom. The Morgan fingerprint density at radius 2 is 2.12 bits per heavy atom. The molecule has 84 valence electrons. The van der Waals surface area contributed by atoms with Crippen molar-refractivity contribution in [1.29, 1.82) is 0 Å². The molecule has 9 heteroatoms. The number of rotatable bonds is 1. The normalized spacial score (nSPS) is 11.9. The van der Waals surface area contributed by atoms with E-state index in [4.69, 9.17) is 0 Å². The molecule has 0 radical (unpaired) electrons. The third-order valence-electron chi connectivity index (χ3n) is 1.88. The van der Waals surface area contributed by atoms with Crippen LogP contribution in [0.15, 0.2) is 12.3 Å². The maximum Gasteiger partial charge on any atom is 0.435 e. The van der Waals surface area contributed by atoms with E-state index in [1.54, 1.807) is 0 Å². The topological polar surface area (TPSA) is 84.7 Å². The number of hydrogen-bond acceptors (Lipinski definition) is 4. The van der Waals surface area contributed by atoms with Crippen LogP contribution in [0, 0.1) is 10.1 Å². The summed E-state index contributed by atoms with van der Waals surface area (Å²) in [6.07, 6.45) is -3.81. The van der Waals surface area contributed by atoms with E-state index in [-0.39, 0.29) is 5.65 Å². The van der Waals surface area contributed by atoms with Crippen molar-refractivity contribution >= 4 is 16.7 Å². The van der Waals surface area contributed by atoms with Crippen molar-refractivity contribution in [3.05, 3.63) is 28.1 Å². The molecule has 16 heavy (non-hydrogen) atoms. The van der Waals surface area contributed by atoms with Gasteiger partial charge in [0, 0.05) is 6.07 Å². The van der Waals surface area contributed by atoms with Gasteiger partial charge in [-0.3, -0.25) is 15.2 Å². The minimum atomic E-state index is -4.67. The molecule has 0 bridgehead atoms. The summed E-state index contributed by atoms with van der Waals surface area (Å²) < 4.78 is 37.2. The Kier molecular flexibility index (Phi) is 2.04. The lowest BCUT2D eigenvalue weighted by Gasteiger charge is -2.01. The number of alkyl halides is 3. The number of H-pyrrole nitrogens is 1. The van der Waals surface area contributed by atoms with Crippen LogP contribution < -0.4 is 0 Å². The second-order valence-electron chi connectivity index (χ2n) is 2.92. The van der Waals surface area contributed by atoms with Gasteiger partial charge in [-0.25, -0.2) is 4.98 Å². The van der Waals surface area contributed by atoms with Crippen LogP contribution in [0.2, 0.25) is 0 Å². The van der Waals surface area contributed by atoms with Crippen molar-refractivity contribution in [3.63, 3.8) is 0 Å². The van der Waals surface area contributed by atoms with Crippen molar-refractivity contribution in [2.45, 2.75) is 6.18 Å². The lowest BCUT2D eigenvalue weighted by atomic mass is 10.2. The maximum atomic E-state index is 12.4. The zero-order valence-electron chi connectivity index (χ0n) is 7.45. The van der Waals surface area contributed by atoms with Crippen molar-refractivity contribution < 1.29 is 18.1 Å². The van der Waals surface area contributed by atoms with Gasteiger partial charge in [0.25, 0.3) is 5.69 Å². The summed E-state index contributed by atoms with van der Waals surface area (Å²) >= 11 is 0. The molecule has 2 rings (SSSR count). The van der Waals surface area contributed by atoms with Crippen LogP contribution in [0.1, 0.15) is 5.69 Å². The lowest BCUT2D eigenvalue weighted by molar-refractivity contribution is -0.385. The van der Waals surface area contributed by atoms with Gasteiger partial charge in [0.1, 0.15) is 6.20 Å². The van der Waals surface area contributed by atoms with Gasteiger partial charge in [-0.15, -0.1) is 0 Å². The average molecular weight is 232 g/mol. The number of fused-ring (bicyclic) bond motifs is 1. The predicted octanol–water partition coefficient (Wildman–Crippen LogP) is 1.88. The quantitative estimate of drug-likeness (QED) is 0.600. The van der Waals surface area contributed by atoms with Crippen LogP contribution >= 0.6 is 0 Å². The Hall–Kier alpha value is -2.19. The van der Waals surface area contributed by atoms with E-state index in [0.717, 1.165) is 12.3 Å². The number of hydrogen-bond donors (Lipinski definition) is 1. The van der Waals surface area contributed by atoms with Gasteiger partial charge < -0.3 is 0 Å². The molecule has 1 N–H and O–H groups in total. The van der Waals surface area contributed by atoms with Crippen LogP contribution in [0.3, 0.4) is 0 Å². The zero-order valence-corrected chi connectivity index (χ0v) is 7.45. The molecule has 0 atom stereocenters. The van der Waals surface area contributed by atoms with E-state index in [0.29, 0.717) is 0 Å². The second kappa shape index (κ2) is 3.15. The fourth-order valence-corrected chi connectivity index (χ4v) is 1.21. The van der Waals surface area contributed by atoms with Gasteiger partial charge >= 0.3 is 6.18 Å². The Bertz CT molecular complexity index is 562. The van der Waals surface area contributed by atoms with Crippen LogP contribution in [-0.4, -0.2) is 20.1 Å². The summed E-state index contributed by atoms with van der Waals surface area (Å²) in [5, 5.41) is 15.1. The standard InChI is InChI=1S/C7H3F3N4O2/c8-7(9,10)5-4-1-3(14(15)16)2-11-6(4)13-12-5/h1-2H,(H,11,12,13). The molecular weight excluding hydrogens is 229 g/mol. The molecule has 0 amide bonds. The second-order valence-corrected chi connectivity index (χ2v) is 2.92. The van der Waals surface area contributed by atoms with Crippen LogP contribution in [0.4, 0.5) is 18.9 Å². The molecule has 0 unspecified atom stereocenters. The van der Waals surface area contributed by atoms with Crippen molar-refractivity contribution in [2.75, 3.05) is 0 Å². The highest BCUT2D eigenvalue weighted by molar-refractivity contribution is 5.80. The number of halogens is 3. The zero-order chi connectivity index (χ0) is 11.9.